The molecule has 1 aliphatic rings. The van der Waals surface area contributed by atoms with Crippen LogP contribution in [0.5, 0.6) is 0 Å². The molecule has 3 amide bonds. The molecule has 0 saturated carbocycles. The molecule has 1 aliphatic heterocycles. The average Bonchev–Trinajstić information content (AvgIpc) is 3.34. The van der Waals surface area contributed by atoms with Crippen LogP contribution in [0.1, 0.15) is 11.3 Å². The van der Waals surface area contributed by atoms with Gasteiger partial charge in [-0.15, -0.1) is 11.3 Å². The van der Waals surface area contributed by atoms with Crippen LogP contribution in [0.4, 0.5) is 4.79 Å². The highest BCUT2D eigenvalue weighted by atomic mass is 32.1. The number of carbonyl (C=O) groups excluding carboxylic acids is 2. The second-order valence-electron chi connectivity index (χ2n) is 5.78. The number of imide groups is 1. The molecule has 7 heteroatoms. The Morgan fingerprint density at radius 1 is 1.16 bits per heavy atom. The highest BCUT2D eigenvalue weighted by Gasteiger charge is 2.38. The number of rotatable bonds is 5. The van der Waals surface area contributed by atoms with Crippen LogP contribution in [0.3, 0.4) is 0 Å². The summed E-state index contributed by atoms with van der Waals surface area (Å²) >= 11 is 1.54. The molecule has 1 saturated heterocycles. The van der Waals surface area contributed by atoms with Crippen LogP contribution in [0.15, 0.2) is 58.4 Å². The van der Waals surface area contributed by atoms with E-state index >= 15 is 0 Å². The Balaban J connectivity index is 1.46. The molecule has 1 aromatic carbocycles. The van der Waals surface area contributed by atoms with Gasteiger partial charge in [0.25, 0.3) is 5.91 Å². The second-order valence-corrected chi connectivity index (χ2v) is 6.72. The number of benzene rings is 1. The number of carbonyl (C=O) groups is 2. The summed E-state index contributed by atoms with van der Waals surface area (Å²) in [4.78, 5) is 26.8. The SMILES string of the molecule is O=C1N[C@@H](Cc2ccccc2)C(=O)N1Cc1cc(-c2cccs2)on1. The summed E-state index contributed by atoms with van der Waals surface area (Å²) in [5.41, 5.74) is 1.55. The standard InChI is InChI=1S/C18H15N3O3S/c22-17-14(9-12-5-2-1-3-6-12)19-18(23)21(17)11-13-10-15(24-20-13)16-7-4-8-25-16/h1-8,10,14H,9,11H2,(H,19,23)/t14-/m0/s1. The molecular formula is C18H15N3O3S. The fourth-order valence-electron chi connectivity index (χ4n) is 2.80. The highest BCUT2D eigenvalue weighted by Crippen LogP contribution is 2.26. The largest absolute Gasteiger partial charge is 0.355 e. The average molecular weight is 353 g/mol. The van der Waals surface area contributed by atoms with E-state index in [4.69, 9.17) is 4.52 Å². The molecule has 25 heavy (non-hydrogen) atoms. The van der Waals surface area contributed by atoms with Crippen molar-refractivity contribution in [3.8, 4) is 10.6 Å². The fourth-order valence-corrected chi connectivity index (χ4v) is 3.47. The maximum absolute atomic E-state index is 12.5. The number of aromatic nitrogens is 1. The van der Waals surface area contributed by atoms with Crippen molar-refractivity contribution in [3.63, 3.8) is 0 Å². The van der Waals surface area contributed by atoms with Crippen LogP contribution in [0.25, 0.3) is 10.6 Å². The van der Waals surface area contributed by atoms with Gasteiger partial charge < -0.3 is 9.84 Å². The van der Waals surface area contributed by atoms with Gasteiger partial charge in [-0.05, 0) is 17.0 Å². The van der Waals surface area contributed by atoms with Gasteiger partial charge in [0.15, 0.2) is 5.76 Å². The zero-order valence-electron chi connectivity index (χ0n) is 13.2. The van der Waals surface area contributed by atoms with E-state index in [0.29, 0.717) is 17.9 Å². The quantitative estimate of drug-likeness (QED) is 0.715. The Labute approximate surface area is 148 Å². The first-order chi connectivity index (χ1) is 12.2. The van der Waals surface area contributed by atoms with Crippen molar-refractivity contribution in [1.29, 1.82) is 0 Å². The van der Waals surface area contributed by atoms with E-state index in [9.17, 15) is 9.59 Å². The maximum atomic E-state index is 12.5. The summed E-state index contributed by atoms with van der Waals surface area (Å²) in [6.45, 7) is 0.102. The third kappa shape index (κ3) is 3.18. The summed E-state index contributed by atoms with van der Waals surface area (Å²) in [7, 11) is 0. The van der Waals surface area contributed by atoms with E-state index in [-0.39, 0.29) is 12.5 Å². The van der Waals surface area contributed by atoms with E-state index in [0.717, 1.165) is 10.4 Å². The maximum Gasteiger partial charge on any atom is 0.325 e. The summed E-state index contributed by atoms with van der Waals surface area (Å²) in [5.74, 6) is 0.396. The smallest absolute Gasteiger partial charge is 0.325 e. The van der Waals surface area contributed by atoms with E-state index in [1.54, 1.807) is 17.4 Å². The fraction of sp³-hybridized carbons (Fsp3) is 0.167. The van der Waals surface area contributed by atoms with Crippen LogP contribution in [0, 0.1) is 0 Å². The molecule has 3 heterocycles. The highest BCUT2D eigenvalue weighted by molar-refractivity contribution is 7.13. The topological polar surface area (TPSA) is 75.4 Å². The van der Waals surface area contributed by atoms with Gasteiger partial charge in [0.2, 0.25) is 0 Å². The zero-order valence-corrected chi connectivity index (χ0v) is 14.0. The second kappa shape index (κ2) is 6.52. The number of hydrogen-bond donors (Lipinski definition) is 1. The number of amides is 3. The third-order valence-electron chi connectivity index (χ3n) is 4.03. The summed E-state index contributed by atoms with van der Waals surface area (Å²) < 4.78 is 5.30. The molecule has 126 valence electrons. The number of thiophene rings is 1. The molecule has 0 radical (unpaired) electrons. The van der Waals surface area contributed by atoms with E-state index in [2.05, 4.69) is 10.5 Å². The number of nitrogens with one attached hydrogen (secondary N) is 1. The minimum absolute atomic E-state index is 0.102. The van der Waals surface area contributed by atoms with Gasteiger partial charge >= 0.3 is 6.03 Å². The first kappa shape index (κ1) is 15.6. The lowest BCUT2D eigenvalue weighted by molar-refractivity contribution is -0.127. The molecule has 1 atom stereocenters. The summed E-state index contributed by atoms with van der Waals surface area (Å²) in [6.07, 6.45) is 0.473. The molecule has 0 unspecified atom stereocenters. The van der Waals surface area contributed by atoms with E-state index < -0.39 is 12.1 Å². The molecule has 1 fully saturated rings. The normalized spacial score (nSPS) is 17.1. The zero-order chi connectivity index (χ0) is 17.2. The van der Waals surface area contributed by atoms with E-state index in [1.807, 2.05) is 47.8 Å². The van der Waals surface area contributed by atoms with Crippen LogP contribution < -0.4 is 5.32 Å². The number of nitrogens with zero attached hydrogens (tertiary/aromatic N) is 2. The van der Waals surface area contributed by atoms with Crippen molar-refractivity contribution in [1.82, 2.24) is 15.4 Å². The van der Waals surface area contributed by atoms with Crippen LogP contribution >= 0.6 is 11.3 Å². The van der Waals surface area contributed by atoms with Crippen molar-refractivity contribution >= 4 is 23.3 Å². The summed E-state index contributed by atoms with van der Waals surface area (Å²) in [6, 6.07) is 14.3. The lowest BCUT2D eigenvalue weighted by Crippen LogP contribution is -2.32. The Bertz CT molecular complexity index is 889. The number of urea groups is 1. The van der Waals surface area contributed by atoms with Crippen LogP contribution in [0.2, 0.25) is 0 Å². The predicted octanol–water partition coefficient (Wildman–Crippen LogP) is 3.07. The van der Waals surface area contributed by atoms with E-state index in [1.165, 1.54) is 4.90 Å². The minimum atomic E-state index is -0.543. The molecule has 0 spiro atoms. The molecule has 2 aromatic heterocycles. The molecule has 3 aromatic rings. The van der Waals surface area contributed by atoms with Crippen molar-refractivity contribution in [2.45, 2.75) is 19.0 Å². The monoisotopic (exact) mass is 353 g/mol. The molecule has 1 N–H and O–H groups in total. The Morgan fingerprint density at radius 2 is 2.00 bits per heavy atom. The molecular weight excluding hydrogens is 338 g/mol. The predicted molar refractivity (Wildman–Crippen MR) is 92.8 cm³/mol. The van der Waals surface area contributed by atoms with Crippen molar-refractivity contribution < 1.29 is 14.1 Å². The molecule has 4 rings (SSSR count). The number of hydrogen-bond acceptors (Lipinski definition) is 5. The van der Waals surface area contributed by atoms with Gasteiger partial charge in [-0.1, -0.05) is 41.6 Å². The van der Waals surface area contributed by atoms with Gasteiger partial charge in [0.1, 0.15) is 11.7 Å². The first-order valence-corrected chi connectivity index (χ1v) is 8.74. The third-order valence-corrected chi connectivity index (χ3v) is 4.92. The Hall–Kier alpha value is -2.93. The Morgan fingerprint density at radius 3 is 2.76 bits per heavy atom. The van der Waals surface area contributed by atoms with Gasteiger partial charge in [-0.25, -0.2) is 4.79 Å². The van der Waals surface area contributed by atoms with Crippen molar-refractivity contribution in [3.05, 3.63) is 65.2 Å². The van der Waals surface area contributed by atoms with Gasteiger partial charge in [-0.2, -0.15) is 0 Å². The van der Waals surface area contributed by atoms with Crippen molar-refractivity contribution in [2.75, 3.05) is 0 Å². The minimum Gasteiger partial charge on any atom is -0.355 e. The molecule has 0 aliphatic carbocycles. The van der Waals surface area contributed by atoms with Gasteiger partial charge in [0, 0.05) is 12.5 Å². The Kier molecular flexibility index (Phi) is 4.07. The lowest BCUT2D eigenvalue weighted by atomic mass is 10.1. The van der Waals surface area contributed by atoms with Gasteiger partial charge in [-0.3, -0.25) is 9.69 Å². The molecule has 0 bridgehead atoms. The summed E-state index contributed by atoms with van der Waals surface area (Å²) in [5, 5.41) is 8.66. The first-order valence-electron chi connectivity index (χ1n) is 7.86. The van der Waals surface area contributed by atoms with Crippen molar-refractivity contribution in [2.24, 2.45) is 0 Å². The lowest BCUT2D eigenvalue weighted by Gasteiger charge is -2.11. The van der Waals surface area contributed by atoms with Crippen LogP contribution in [-0.4, -0.2) is 28.0 Å². The molecule has 6 nitrogen and oxygen atoms in total. The van der Waals surface area contributed by atoms with Crippen LogP contribution in [-0.2, 0) is 17.8 Å². The van der Waals surface area contributed by atoms with Gasteiger partial charge in [0.05, 0.1) is 11.4 Å².